The van der Waals surface area contributed by atoms with E-state index in [4.69, 9.17) is 0 Å². The summed E-state index contributed by atoms with van der Waals surface area (Å²) in [4.78, 5) is 5.66. The standard InChI is InChI=1S/C18H26N2S/c1-12(20-14(3)17-13(2)19-11-21-17)15-7-9-16(10-8-15)18(4,5)6/h7-12,14,20H,1-6H3. The van der Waals surface area contributed by atoms with Crippen molar-refractivity contribution in [2.75, 3.05) is 0 Å². The number of aromatic nitrogens is 1. The minimum absolute atomic E-state index is 0.211. The third kappa shape index (κ3) is 3.92. The highest BCUT2D eigenvalue weighted by atomic mass is 32.1. The molecule has 0 aliphatic heterocycles. The molecule has 0 spiro atoms. The van der Waals surface area contributed by atoms with E-state index in [9.17, 15) is 0 Å². The first-order valence-electron chi connectivity index (χ1n) is 7.55. The van der Waals surface area contributed by atoms with Crippen LogP contribution in [0, 0.1) is 6.92 Å². The molecule has 3 heteroatoms. The molecule has 2 rings (SSSR count). The maximum absolute atomic E-state index is 4.33. The molecule has 0 fully saturated rings. The number of hydrogen-bond acceptors (Lipinski definition) is 3. The molecule has 1 heterocycles. The Balaban J connectivity index is 2.07. The van der Waals surface area contributed by atoms with Crippen LogP contribution >= 0.6 is 11.3 Å². The molecule has 21 heavy (non-hydrogen) atoms. The van der Waals surface area contributed by atoms with Crippen molar-refractivity contribution in [1.82, 2.24) is 10.3 Å². The van der Waals surface area contributed by atoms with Gasteiger partial charge in [-0.05, 0) is 37.3 Å². The summed E-state index contributed by atoms with van der Waals surface area (Å²) in [6.45, 7) is 13.3. The number of rotatable bonds is 4. The summed E-state index contributed by atoms with van der Waals surface area (Å²) < 4.78 is 0. The van der Waals surface area contributed by atoms with Crippen LogP contribution in [0.1, 0.15) is 68.4 Å². The third-order valence-electron chi connectivity index (χ3n) is 3.95. The van der Waals surface area contributed by atoms with Gasteiger partial charge in [-0.1, -0.05) is 45.0 Å². The summed E-state index contributed by atoms with van der Waals surface area (Å²) in [5, 5.41) is 3.67. The second kappa shape index (κ2) is 6.29. The largest absolute Gasteiger partial charge is 0.303 e. The molecule has 1 aromatic carbocycles. The first-order chi connectivity index (χ1) is 9.79. The first kappa shape index (κ1) is 16.2. The van der Waals surface area contributed by atoms with E-state index in [-0.39, 0.29) is 5.41 Å². The van der Waals surface area contributed by atoms with Crippen molar-refractivity contribution in [3.8, 4) is 0 Å². The molecule has 0 bridgehead atoms. The predicted octanol–water partition coefficient (Wildman–Crippen LogP) is 5.16. The highest BCUT2D eigenvalue weighted by molar-refractivity contribution is 7.09. The van der Waals surface area contributed by atoms with Gasteiger partial charge in [0.15, 0.2) is 0 Å². The van der Waals surface area contributed by atoms with Crippen molar-refractivity contribution >= 4 is 11.3 Å². The Morgan fingerprint density at radius 3 is 2.14 bits per heavy atom. The Kier molecular flexibility index (Phi) is 4.84. The molecule has 2 unspecified atom stereocenters. The molecular weight excluding hydrogens is 276 g/mol. The van der Waals surface area contributed by atoms with Gasteiger partial charge in [-0.25, -0.2) is 4.98 Å². The van der Waals surface area contributed by atoms with E-state index < -0.39 is 0 Å². The van der Waals surface area contributed by atoms with E-state index in [1.807, 2.05) is 5.51 Å². The first-order valence-corrected chi connectivity index (χ1v) is 8.43. The normalized spacial score (nSPS) is 15.0. The van der Waals surface area contributed by atoms with Gasteiger partial charge < -0.3 is 5.32 Å². The second-order valence-electron chi connectivity index (χ2n) is 6.78. The molecular formula is C18H26N2S. The number of nitrogens with one attached hydrogen (secondary N) is 1. The van der Waals surface area contributed by atoms with Crippen LogP contribution in [0.25, 0.3) is 0 Å². The Bertz CT molecular complexity index is 578. The summed E-state index contributed by atoms with van der Waals surface area (Å²) in [5.74, 6) is 0. The maximum Gasteiger partial charge on any atom is 0.0798 e. The zero-order valence-electron chi connectivity index (χ0n) is 13.9. The van der Waals surface area contributed by atoms with Crippen LogP contribution in [0.2, 0.25) is 0 Å². The maximum atomic E-state index is 4.33. The highest BCUT2D eigenvalue weighted by Gasteiger charge is 2.16. The summed E-state index contributed by atoms with van der Waals surface area (Å²) in [6, 6.07) is 9.63. The van der Waals surface area contributed by atoms with Gasteiger partial charge in [0.2, 0.25) is 0 Å². The van der Waals surface area contributed by atoms with E-state index >= 15 is 0 Å². The molecule has 0 amide bonds. The fourth-order valence-corrected chi connectivity index (χ4v) is 3.36. The molecule has 0 radical (unpaired) electrons. The van der Waals surface area contributed by atoms with Crippen molar-refractivity contribution in [2.24, 2.45) is 0 Å². The molecule has 2 aromatic rings. The molecule has 0 aliphatic rings. The minimum Gasteiger partial charge on any atom is -0.303 e. The number of thiazole rings is 1. The highest BCUT2D eigenvalue weighted by Crippen LogP contribution is 2.27. The van der Waals surface area contributed by atoms with E-state index in [0.717, 1.165) is 5.69 Å². The average Bonchev–Trinajstić information content (AvgIpc) is 2.84. The van der Waals surface area contributed by atoms with E-state index in [1.54, 1.807) is 11.3 Å². The van der Waals surface area contributed by atoms with Crippen molar-refractivity contribution in [3.63, 3.8) is 0 Å². The lowest BCUT2D eigenvalue weighted by molar-refractivity contribution is 0.497. The minimum atomic E-state index is 0.211. The number of aryl methyl sites for hydroxylation is 1. The summed E-state index contributed by atoms with van der Waals surface area (Å²) in [5.41, 5.74) is 5.98. The molecule has 114 valence electrons. The van der Waals surface area contributed by atoms with Gasteiger partial charge in [0.25, 0.3) is 0 Å². The molecule has 1 N–H and O–H groups in total. The van der Waals surface area contributed by atoms with Gasteiger partial charge in [-0.3, -0.25) is 0 Å². The monoisotopic (exact) mass is 302 g/mol. The molecule has 1 aromatic heterocycles. The molecule has 0 aliphatic carbocycles. The number of nitrogens with zero attached hydrogens (tertiary/aromatic N) is 1. The Hall–Kier alpha value is -1.19. The quantitative estimate of drug-likeness (QED) is 0.843. The topological polar surface area (TPSA) is 24.9 Å². The van der Waals surface area contributed by atoms with E-state index in [0.29, 0.717) is 12.1 Å². The molecule has 0 saturated heterocycles. The van der Waals surface area contributed by atoms with E-state index in [2.05, 4.69) is 76.1 Å². The zero-order chi connectivity index (χ0) is 15.6. The Labute approximate surface area is 132 Å². The molecule has 2 atom stereocenters. The Morgan fingerprint density at radius 1 is 1.05 bits per heavy atom. The van der Waals surface area contributed by atoms with Crippen LogP contribution < -0.4 is 5.32 Å². The van der Waals surface area contributed by atoms with Crippen molar-refractivity contribution in [2.45, 2.75) is 59.0 Å². The van der Waals surface area contributed by atoms with Gasteiger partial charge in [0.05, 0.1) is 11.2 Å². The van der Waals surface area contributed by atoms with Crippen LogP contribution in [0.15, 0.2) is 29.8 Å². The van der Waals surface area contributed by atoms with Crippen LogP contribution in [-0.4, -0.2) is 4.98 Å². The fraction of sp³-hybridized carbons (Fsp3) is 0.500. The smallest absolute Gasteiger partial charge is 0.0798 e. The Morgan fingerprint density at radius 2 is 1.67 bits per heavy atom. The SMILES string of the molecule is Cc1ncsc1C(C)NC(C)c1ccc(C(C)(C)C)cc1. The van der Waals surface area contributed by atoms with Gasteiger partial charge >= 0.3 is 0 Å². The van der Waals surface area contributed by atoms with Crippen LogP contribution in [0.5, 0.6) is 0 Å². The van der Waals surface area contributed by atoms with E-state index in [1.165, 1.54) is 16.0 Å². The van der Waals surface area contributed by atoms with Gasteiger partial charge in [-0.15, -0.1) is 11.3 Å². The fourth-order valence-electron chi connectivity index (χ4n) is 2.55. The second-order valence-corrected chi connectivity index (χ2v) is 7.67. The van der Waals surface area contributed by atoms with Crippen LogP contribution in [-0.2, 0) is 5.41 Å². The number of hydrogen-bond donors (Lipinski definition) is 1. The zero-order valence-corrected chi connectivity index (χ0v) is 14.7. The van der Waals surface area contributed by atoms with Gasteiger partial charge in [0.1, 0.15) is 0 Å². The van der Waals surface area contributed by atoms with Crippen LogP contribution in [0.4, 0.5) is 0 Å². The molecule has 2 nitrogen and oxygen atoms in total. The van der Waals surface area contributed by atoms with Crippen molar-refractivity contribution in [1.29, 1.82) is 0 Å². The lowest BCUT2D eigenvalue weighted by atomic mass is 9.86. The predicted molar refractivity (Wildman–Crippen MR) is 92.0 cm³/mol. The van der Waals surface area contributed by atoms with Gasteiger partial charge in [0, 0.05) is 17.0 Å². The van der Waals surface area contributed by atoms with Crippen molar-refractivity contribution in [3.05, 3.63) is 51.5 Å². The molecule has 0 saturated carbocycles. The summed E-state index contributed by atoms with van der Waals surface area (Å²) >= 11 is 1.73. The van der Waals surface area contributed by atoms with Gasteiger partial charge in [-0.2, -0.15) is 0 Å². The number of benzene rings is 1. The lowest BCUT2D eigenvalue weighted by Gasteiger charge is -2.22. The van der Waals surface area contributed by atoms with Crippen molar-refractivity contribution < 1.29 is 0 Å². The van der Waals surface area contributed by atoms with Crippen LogP contribution in [0.3, 0.4) is 0 Å². The average molecular weight is 302 g/mol. The lowest BCUT2D eigenvalue weighted by Crippen LogP contribution is -2.22. The third-order valence-corrected chi connectivity index (χ3v) is 5.07. The summed E-state index contributed by atoms with van der Waals surface area (Å²) in [6.07, 6.45) is 0. The summed E-state index contributed by atoms with van der Waals surface area (Å²) in [7, 11) is 0.